The molecule has 0 fully saturated rings. The van der Waals surface area contributed by atoms with Crippen molar-refractivity contribution in [3.05, 3.63) is 23.8 Å². The zero-order valence-electron chi connectivity index (χ0n) is 10.0. The molecule has 0 spiro atoms. The second kappa shape index (κ2) is 3.38. The van der Waals surface area contributed by atoms with Crippen LogP contribution < -0.4 is 8.61 Å². The zero-order valence-corrected chi connectivity index (χ0v) is 10.9. The first kappa shape index (κ1) is 10.9. The van der Waals surface area contributed by atoms with Gasteiger partial charge in [-0.2, -0.15) is 8.42 Å². The summed E-state index contributed by atoms with van der Waals surface area (Å²) in [5.74, 6) is 0. The second-order valence-electron chi connectivity index (χ2n) is 4.86. The van der Waals surface area contributed by atoms with Crippen LogP contribution in [0.2, 0.25) is 0 Å². The molecule has 2 aliphatic rings. The fourth-order valence-electron chi connectivity index (χ4n) is 2.78. The Morgan fingerprint density at radius 2 is 2.06 bits per heavy atom. The van der Waals surface area contributed by atoms with Crippen LogP contribution in [0.15, 0.2) is 18.2 Å². The van der Waals surface area contributed by atoms with E-state index >= 15 is 0 Å². The summed E-state index contributed by atoms with van der Waals surface area (Å²) < 4.78 is 28.0. The summed E-state index contributed by atoms with van der Waals surface area (Å²) in [6.07, 6.45) is 1.88. The Labute approximate surface area is 102 Å². The molecule has 0 saturated heterocycles. The maximum atomic E-state index is 12.5. The molecule has 2 heterocycles. The lowest BCUT2D eigenvalue weighted by Gasteiger charge is -2.26. The van der Waals surface area contributed by atoms with Crippen LogP contribution in [0.5, 0.6) is 0 Å². The molecule has 1 aromatic carbocycles. The van der Waals surface area contributed by atoms with Gasteiger partial charge in [-0.05, 0) is 38.3 Å². The van der Waals surface area contributed by atoms with E-state index in [4.69, 9.17) is 0 Å². The number of para-hydroxylation sites is 1. The third-order valence-electron chi connectivity index (χ3n) is 3.39. The average molecular weight is 252 g/mol. The molecule has 2 aliphatic heterocycles. The van der Waals surface area contributed by atoms with Crippen LogP contribution in [0.25, 0.3) is 0 Å². The smallest absolute Gasteiger partial charge is 0.251 e. The minimum absolute atomic E-state index is 0.0444. The van der Waals surface area contributed by atoms with E-state index in [0.29, 0.717) is 6.54 Å². The highest BCUT2D eigenvalue weighted by Crippen LogP contribution is 2.46. The summed E-state index contributed by atoms with van der Waals surface area (Å²) in [7, 11) is -3.34. The Morgan fingerprint density at radius 1 is 1.29 bits per heavy atom. The molecule has 3 rings (SSSR count). The lowest BCUT2D eigenvalue weighted by Crippen LogP contribution is -2.42. The van der Waals surface area contributed by atoms with Crippen molar-refractivity contribution in [2.75, 3.05) is 15.2 Å². The first-order valence-electron chi connectivity index (χ1n) is 5.97. The lowest BCUT2D eigenvalue weighted by molar-refractivity contribution is 0.581. The second-order valence-corrected chi connectivity index (χ2v) is 6.59. The Hall–Kier alpha value is -1.23. The summed E-state index contributed by atoms with van der Waals surface area (Å²) in [6, 6.07) is 5.84. The van der Waals surface area contributed by atoms with Gasteiger partial charge >= 0.3 is 10.2 Å². The van der Waals surface area contributed by atoms with E-state index in [2.05, 4.69) is 0 Å². The van der Waals surface area contributed by atoms with Gasteiger partial charge in [-0.1, -0.05) is 12.1 Å². The highest BCUT2D eigenvalue weighted by molar-refractivity contribution is 7.94. The van der Waals surface area contributed by atoms with Gasteiger partial charge in [0, 0.05) is 12.6 Å². The van der Waals surface area contributed by atoms with Gasteiger partial charge < -0.3 is 0 Å². The number of nitrogens with zero attached hydrogens (tertiary/aromatic N) is 2. The molecule has 0 aliphatic carbocycles. The third-order valence-corrected chi connectivity index (χ3v) is 5.43. The van der Waals surface area contributed by atoms with Gasteiger partial charge in [-0.25, -0.2) is 4.31 Å². The largest absolute Gasteiger partial charge is 0.326 e. The molecule has 0 atom stereocenters. The predicted molar refractivity (Wildman–Crippen MR) is 68.6 cm³/mol. The van der Waals surface area contributed by atoms with Crippen molar-refractivity contribution in [2.45, 2.75) is 32.7 Å². The van der Waals surface area contributed by atoms with E-state index in [1.165, 1.54) is 4.31 Å². The van der Waals surface area contributed by atoms with Crippen molar-refractivity contribution < 1.29 is 8.42 Å². The Kier molecular flexibility index (Phi) is 2.17. The van der Waals surface area contributed by atoms with Crippen LogP contribution in [-0.2, 0) is 16.6 Å². The molecule has 0 unspecified atom stereocenters. The van der Waals surface area contributed by atoms with Crippen LogP contribution >= 0.6 is 0 Å². The van der Waals surface area contributed by atoms with E-state index in [1.807, 2.05) is 32.0 Å². The topological polar surface area (TPSA) is 40.6 Å². The van der Waals surface area contributed by atoms with Gasteiger partial charge in [0.25, 0.3) is 0 Å². The molecular formula is C12H16N2O2S. The van der Waals surface area contributed by atoms with E-state index in [-0.39, 0.29) is 6.04 Å². The van der Waals surface area contributed by atoms with Crippen LogP contribution in [0.3, 0.4) is 0 Å². The molecule has 5 heteroatoms. The Morgan fingerprint density at radius 3 is 2.76 bits per heavy atom. The van der Waals surface area contributed by atoms with Gasteiger partial charge in [0.05, 0.1) is 11.4 Å². The van der Waals surface area contributed by atoms with E-state index in [0.717, 1.165) is 29.8 Å². The van der Waals surface area contributed by atoms with Gasteiger partial charge in [-0.3, -0.25) is 4.31 Å². The summed E-state index contributed by atoms with van der Waals surface area (Å²) >= 11 is 0. The van der Waals surface area contributed by atoms with E-state index < -0.39 is 10.2 Å². The fourth-order valence-corrected chi connectivity index (χ4v) is 4.72. The minimum atomic E-state index is -3.34. The molecule has 92 valence electrons. The molecule has 4 nitrogen and oxygen atoms in total. The minimum Gasteiger partial charge on any atom is -0.251 e. The average Bonchev–Trinajstić information content (AvgIpc) is 2.50. The summed E-state index contributed by atoms with van der Waals surface area (Å²) in [5, 5.41) is 0. The van der Waals surface area contributed by atoms with Gasteiger partial charge in [-0.15, -0.1) is 0 Å². The molecule has 0 radical (unpaired) electrons. The van der Waals surface area contributed by atoms with Gasteiger partial charge in [0.15, 0.2) is 0 Å². The van der Waals surface area contributed by atoms with Crippen molar-refractivity contribution in [2.24, 2.45) is 0 Å². The molecule has 0 amide bonds. The quantitative estimate of drug-likeness (QED) is 0.766. The number of hydrogen-bond donors (Lipinski definition) is 0. The highest BCUT2D eigenvalue weighted by atomic mass is 32.2. The monoisotopic (exact) mass is 252 g/mol. The SMILES string of the molecule is CC(C)N1c2cccc3c2N(CCC3)S1(=O)=O. The van der Waals surface area contributed by atoms with E-state index in [1.54, 1.807) is 4.31 Å². The van der Waals surface area contributed by atoms with Crippen LogP contribution in [0.1, 0.15) is 25.8 Å². The predicted octanol–water partition coefficient (Wildman–Crippen LogP) is 1.91. The number of benzene rings is 1. The standard InChI is InChI=1S/C12H16N2O2S/c1-9(2)14-11-7-3-5-10-6-4-8-13(12(10)11)17(14,15)16/h3,5,7,9H,4,6,8H2,1-2H3. The first-order valence-corrected chi connectivity index (χ1v) is 7.37. The number of hydrogen-bond acceptors (Lipinski definition) is 2. The van der Waals surface area contributed by atoms with Crippen molar-refractivity contribution >= 4 is 21.6 Å². The van der Waals surface area contributed by atoms with Crippen molar-refractivity contribution in [3.8, 4) is 0 Å². The molecule has 0 bridgehead atoms. The van der Waals surface area contributed by atoms with Crippen molar-refractivity contribution in [1.82, 2.24) is 0 Å². The van der Waals surface area contributed by atoms with Crippen LogP contribution in [-0.4, -0.2) is 21.0 Å². The normalized spacial score (nSPS) is 20.9. The van der Waals surface area contributed by atoms with Gasteiger partial charge in [0.1, 0.15) is 0 Å². The van der Waals surface area contributed by atoms with Gasteiger partial charge in [0.2, 0.25) is 0 Å². The van der Waals surface area contributed by atoms with Crippen molar-refractivity contribution in [3.63, 3.8) is 0 Å². The summed E-state index contributed by atoms with van der Waals surface area (Å²) in [6.45, 7) is 4.43. The fraction of sp³-hybridized carbons (Fsp3) is 0.500. The third kappa shape index (κ3) is 1.32. The summed E-state index contributed by atoms with van der Waals surface area (Å²) in [4.78, 5) is 0. The molecular weight excluding hydrogens is 236 g/mol. The lowest BCUT2D eigenvalue weighted by atomic mass is 10.0. The molecule has 1 aromatic rings. The van der Waals surface area contributed by atoms with Crippen LogP contribution in [0, 0.1) is 0 Å². The first-order chi connectivity index (χ1) is 8.03. The maximum Gasteiger partial charge on any atom is 0.326 e. The zero-order chi connectivity index (χ0) is 12.2. The highest BCUT2D eigenvalue weighted by Gasteiger charge is 2.43. The number of anilines is 2. The molecule has 0 aromatic heterocycles. The van der Waals surface area contributed by atoms with Crippen LogP contribution in [0.4, 0.5) is 11.4 Å². The summed E-state index contributed by atoms with van der Waals surface area (Å²) in [5.41, 5.74) is 2.91. The van der Waals surface area contributed by atoms with Crippen molar-refractivity contribution in [1.29, 1.82) is 0 Å². The Balaban J connectivity index is 2.30. The number of aryl methyl sites for hydroxylation is 1. The Bertz CT molecular complexity index is 566. The molecule has 0 saturated carbocycles. The molecule has 17 heavy (non-hydrogen) atoms. The number of rotatable bonds is 1. The van der Waals surface area contributed by atoms with E-state index in [9.17, 15) is 8.42 Å². The molecule has 0 N–H and O–H groups in total. The maximum absolute atomic E-state index is 12.5.